The van der Waals surface area contributed by atoms with Crippen LogP contribution in [-0.2, 0) is 0 Å². The predicted molar refractivity (Wildman–Crippen MR) is 87.1 cm³/mol. The number of halogens is 1. The molecule has 1 N–H and O–H groups in total. The maximum Gasteiger partial charge on any atom is 0.126 e. The minimum atomic E-state index is -0.110. The van der Waals surface area contributed by atoms with Crippen LogP contribution in [0.15, 0.2) is 18.2 Å². The number of nitrogens with one attached hydrogen (secondary N) is 1. The molecule has 1 saturated carbocycles. The Kier molecular flexibility index (Phi) is 5.39. The summed E-state index contributed by atoms with van der Waals surface area (Å²) in [6, 6.07) is 5.74. The minimum absolute atomic E-state index is 0.110. The highest BCUT2D eigenvalue weighted by molar-refractivity contribution is 5.25. The summed E-state index contributed by atoms with van der Waals surface area (Å²) in [6.45, 7) is 4.90. The van der Waals surface area contributed by atoms with Crippen molar-refractivity contribution < 1.29 is 4.39 Å². The van der Waals surface area contributed by atoms with E-state index >= 15 is 0 Å². The molecule has 0 radical (unpaired) electrons. The fourth-order valence-electron chi connectivity index (χ4n) is 3.33. The summed E-state index contributed by atoms with van der Waals surface area (Å²) < 4.78 is 13.7. The van der Waals surface area contributed by atoms with Crippen LogP contribution < -0.4 is 5.32 Å². The van der Waals surface area contributed by atoms with E-state index < -0.39 is 0 Å². The number of hydrogen-bond acceptors (Lipinski definition) is 2. The third-order valence-electron chi connectivity index (χ3n) is 5.17. The molecular formula is C18H29FN2. The molecule has 1 aliphatic rings. The fraction of sp³-hybridized carbons (Fsp3) is 0.667. The van der Waals surface area contributed by atoms with Crippen LogP contribution in [0.2, 0.25) is 0 Å². The molecule has 118 valence electrons. The molecule has 1 aromatic carbocycles. The van der Waals surface area contributed by atoms with Gasteiger partial charge >= 0.3 is 0 Å². The molecule has 2 rings (SSSR count). The van der Waals surface area contributed by atoms with Crippen LogP contribution in [-0.4, -0.2) is 31.1 Å². The number of benzene rings is 1. The van der Waals surface area contributed by atoms with Crippen LogP contribution in [0.3, 0.4) is 0 Å². The average molecular weight is 292 g/mol. The highest BCUT2D eigenvalue weighted by Crippen LogP contribution is 2.32. The van der Waals surface area contributed by atoms with E-state index in [1.807, 2.05) is 12.1 Å². The lowest BCUT2D eigenvalue weighted by Crippen LogP contribution is -2.53. The molecule has 1 atom stereocenters. The van der Waals surface area contributed by atoms with Crippen molar-refractivity contribution >= 4 is 0 Å². The van der Waals surface area contributed by atoms with Gasteiger partial charge in [-0.25, -0.2) is 4.39 Å². The van der Waals surface area contributed by atoms with Gasteiger partial charge in [-0.05, 0) is 58.0 Å². The molecule has 1 aromatic rings. The van der Waals surface area contributed by atoms with Crippen LogP contribution >= 0.6 is 0 Å². The van der Waals surface area contributed by atoms with Crippen molar-refractivity contribution in [3.05, 3.63) is 35.1 Å². The molecule has 0 aromatic heterocycles. The van der Waals surface area contributed by atoms with Gasteiger partial charge in [-0.3, -0.25) is 0 Å². The quantitative estimate of drug-likeness (QED) is 0.881. The van der Waals surface area contributed by atoms with Gasteiger partial charge in [0.15, 0.2) is 0 Å². The first-order valence-electron chi connectivity index (χ1n) is 8.11. The second-order valence-corrected chi connectivity index (χ2v) is 6.79. The van der Waals surface area contributed by atoms with E-state index in [0.29, 0.717) is 5.56 Å². The summed E-state index contributed by atoms with van der Waals surface area (Å²) in [5.74, 6) is -0.110. The van der Waals surface area contributed by atoms with Gasteiger partial charge in [0.1, 0.15) is 5.82 Å². The topological polar surface area (TPSA) is 15.3 Å². The predicted octanol–water partition coefficient (Wildman–Crippen LogP) is 4.05. The van der Waals surface area contributed by atoms with Crippen molar-refractivity contribution in [2.75, 3.05) is 20.6 Å². The molecule has 0 heterocycles. The summed E-state index contributed by atoms with van der Waals surface area (Å²) in [6.07, 6.45) is 6.49. The van der Waals surface area contributed by atoms with Gasteiger partial charge in [0.25, 0.3) is 0 Å². The summed E-state index contributed by atoms with van der Waals surface area (Å²) in [4.78, 5) is 2.38. The molecule has 0 bridgehead atoms. The van der Waals surface area contributed by atoms with Crippen molar-refractivity contribution in [3.63, 3.8) is 0 Å². The molecule has 1 unspecified atom stereocenters. The van der Waals surface area contributed by atoms with E-state index in [0.717, 1.165) is 12.1 Å². The van der Waals surface area contributed by atoms with Gasteiger partial charge in [0.2, 0.25) is 0 Å². The first kappa shape index (κ1) is 16.4. The standard InChI is InChI=1S/C18H29FN2/c1-14-8-9-16(12-17(14)19)15(2)20-13-18(21(3)4)10-6-5-7-11-18/h8-9,12,15,20H,5-7,10-11,13H2,1-4H3. The Labute approximate surface area is 128 Å². The molecule has 21 heavy (non-hydrogen) atoms. The second-order valence-electron chi connectivity index (χ2n) is 6.79. The van der Waals surface area contributed by atoms with Gasteiger partial charge in [-0.2, -0.15) is 0 Å². The Morgan fingerprint density at radius 3 is 2.48 bits per heavy atom. The summed E-state index contributed by atoms with van der Waals surface area (Å²) in [5, 5.41) is 3.63. The highest BCUT2D eigenvalue weighted by atomic mass is 19.1. The van der Waals surface area contributed by atoms with Gasteiger partial charge in [0, 0.05) is 18.1 Å². The molecule has 0 saturated heterocycles. The minimum Gasteiger partial charge on any atom is -0.308 e. The van der Waals surface area contributed by atoms with Crippen LogP contribution in [0.4, 0.5) is 4.39 Å². The smallest absolute Gasteiger partial charge is 0.126 e. The van der Waals surface area contributed by atoms with Crippen molar-refractivity contribution in [1.29, 1.82) is 0 Å². The summed E-state index contributed by atoms with van der Waals surface area (Å²) in [7, 11) is 4.37. The Balaban J connectivity index is 2.01. The average Bonchev–Trinajstić information content (AvgIpc) is 2.48. The van der Waals surface area contributed by atoms with Gasteiger partial charge in [-0.1, -0.05) is 31.4 Å². The third kappa shape index (κ3) is 3.83. The SMILES string of the molecule is Cc1ccc(C(C)NCC2(N(C)C)CCCCC2)cc1F. The van der Waals surface area contributed by atoms with E-state index in [1.54, 1.807) is 13.0 Å². The normalized spacial score (nSPS) is 19.7. The van der Waals surface area contributed by atoms with Crippen LogP contribution in [0.5, 0.6) is 0 Å². The zero-order valence-corrected chi connectivity index (χ0v) is 13.9. The van der Waals surface area contributed by atoms with Gasteiger partial charge in [-0.15, -0.1) is 0 Å². The molecule has 1 aliphatic carbocycles. The summed E-state index contributed by atoms with van der Waals surface area (Å²) in [5.41, 5.74) is 2.00. The van der Waals surface area contributed by atoms with Gasteiger partial charge < -0.3 is 10.2 Å². The first-order chi connectivity index (χ1) is 9.94. The number of rotatable bonds is 5. The lowest BCUT2D eigenvalue weighted by Gasteiger charge is -2.44. The Morgan fingerprint density at radius 1 is 1.24 bits per heavy atom. The van der Waals surface area contributed by atoms with Crippen LogP contribution in [0.1, 0.15) is 56.2 Å². The van der Waals surface area contributed by atoms with Gasteiger partial charge in [0.05, 0.1) is 0 Å². The zero-order valence-electron chi connectivity index (χ0n) is 13.9. The molecule has 0 amide bonds. The van der Waals surface area contributed by atoms with Crippen molar-refractivity contribution in [1.82, 2.24) is 10.2 Å². The van der Waals surface area contributed by atoms with E-state index in [1.165, 1.54) is 32.1 Å². The first-order valence-corrected chi connectivity index (χ1v) is 8.11. The Bertz CT molecular complexity index is 464. The van der Waals surface area contributed by atoms with E-state index in [4.69, 9.17) is 0 Å². The molecule has 0 spiro atoms. The molecule has 3 heteroatoms. The number of nitrogens with zero attached hydrogens (tertiary/aromatic N) is 1. The lowest BCUT2D eigenvalue weighted by molar-refractivity contribution is 0.0958. The maximum absolute atomic E-state index is 13.7. The Hall–Kier alpha value is -0.930. The molecule has 2 nitrogen and oxygen atoms in total. The molecule has 1 fully saturated rings. The summed E-state index contributed by atoms with van der Waals surface area (Å²) >= 11 is 0. The largest absolute Gasteiger partial charge is 0.308 e. The van der Waals surface area contributed by atoms with Crippen molar-refractivity contribution in [2.45, 2.75) is 57.5 Å². The van der Waals surface area contributed by atoms with E-state index in [2.05, 4.69) is 31.2 Å². The zero-order chi connectivity index (χ0) is 15.5. The van der Waals surface area contributed by atoms with E-state index in [-0.39, 0.29) is 17.4 Å². The molecule has 0 aliphatic heterocycles. The van der Waals surface area contributed by atoms with Crippen molar-refractivity contribution in [3.8, 4) is 0 Å². The monoisotopic (exact) mass is 292 g/mol. The van der Waals surface area contributed by atoms with Crippen LogP contribution in [0.25, 0.3) is 0 Å². The second kappa shape index (κ2) is 6.89. The van der Waals surface area contributed by atoms with Crippen LogP contribution in [0, 0.1) is 12.7 Å². The molecular weight excluding hydrogens is 263 g/mol. The maximum atomic E-state index is 13.7. The highest BCUT2D eigenvalue weighted by Gasteiger charge is 2.34. The third-order valence-corrected chi connectivity index (χ3v) is 5.17. The number of aryl methyl sites for hydroxylation is 1. The fourth-order valence-corrected chi connectivity index (χ4v) is 3.33. The Morgan fingerprint density at radius 2 is 1.90 bits per heavy atom. The lowest BCUT2D eigenvalue weighted by atomic mass is 9.80. The number of hydrogen-bond donors (Lipinski definition) is 1. The van der Waals surface area contributed by atoms with Crippen molar-refractivity contribution in [2.24, 2.45) is 0 Å². The van der Waals surface area contributed by atoms with E-state index in [9.17, 15) is 4.39 Å². The number of likely N-dealkylation sites (N-methyl/N-ethyl adjacent to an activating group) is 1.